The van der Waals surface area contributed by atoms with Gasteiger partial charge in [0.15, 0.2) is 0 Å². The third kappa shape index (κ3) is 3.51. The second-order valence-corrected chi connectivity index (χ2v) is 6.08. The molecule has 3 rings (SSSR count). The summed E-state index contributed by atoms with van der Waals surface area (Å²) in [5.41, 5.74) is 1.96. The van der Waals surface area contributed by atoms with Gasteiger partial charge in [0.1, 0.15) is 5.69 Å². The molecule has 0 unspecified atom stereocenters. The Labute approximate surface area is 139 Å². The molecule has 0 aliphatic carbocycles. The smallest absolute Gasteiger partial charge is 0.274 e. The molecule has 0 saturated carbocycles. The van der Waals surface area contributed by atoms with E-state index in [4.69, 9.17) is 23.2 Å². The number of rotatable bonds is 3. The van der Waals surface area contributed by atoms with Crippen molar-refractivity contribution in [1.82, 2.24) is 4.98 Å². The number of nitrogens with zero attached hydrogens (tertiary/aromatic N) is 2. The van der Waals surface area contributed by atoms with Crippen molar-refractivity contribution in [2.24, 2.45) is 0 Å². The Hall–Kier alpha value is -1.78. The molecule has 22 heavy (non-hydrogen) atoms. The van der Waals surface area contributed by atoms with Crippen molar-refractivity contribution in [3.63, 3.8) is 0 Å². The van der Waals surface area contributed by atoms with Gasteiger partial charge in [0.25, 0.3) is 5.91 Å². The lowest BCUT2D eigenvalue weighted by molar-refractivity contribution is 0.102. The van der Waals surface area contributed by atoms with Gasteiger partial charge in [-0.3, -0.25) is 9.78 Å². The Morgan fingerprint density at radius 1 is 1.09 bits per heavy atom. The molecule has 0 bridgehead atoms. The molecule has 6 heteroatoms. The quantitative estimate of drug-likeness (QED) is 0.912. The fourth-order valence-corrected chi connectivity index (χ4v) is 3.06. The molecule has 0 atom stereocenters. The largest absolute Gasteiger partial charge is 0.371 e. The monoisotopic (exact) mass is 335 g/mol. The van der Waals surface area contributed by atoms with E-state index in [2.05, 4.69) is 15.2 Å². The van der Waals surface area contributed by atoms with Gasteiger partial charge in [-0.1, -0.05) is 23.2 Å². The summed E-state index contributed by atoms with van der Waals surface area (Å²) in [6.45, 7) is 2.05. The first-order valence-corrected chi connectivity index (χ1v) is 7.86. The summed E-state index contributed by atoms with van der Waals surface area (Å²) in [5, 5.41) is 3.72. The molecule has 4 nitrogen and oxygen atoms in total. The number of hydrogen-bond acceptors (Lipinski definition) is 3. The van der Waals surface area contributed by atoms with E-state index in [1.165, 1.54) is 12.8 Å². The fourth-order valence-electron chi connectivity index (χ4n) is 2.54. The Balaban J connectivity index is 1.78. The number of amides is 1. The second-order valence-electron chi connectivity index (χ2n) is 5.21. The van der Waals surface area contributed by atoms with Crippen LogP contribution < -0.4 is 10.2 Å². The van der Waals surface area contributed by atoms with Crippen LogP contribution in [0, 0.1) is 0 Å². The summed E-state index contributed by atoms with van der Waals surface area (Å²) in [6, 6.07) is 8.65. The first kappa shape index (κ1) is 15.1. The van der Waals surface area contributed by atoms with Gasteiger partial charge < -0.3 is 10.2 Å². The van der Waals surface area contributed by atoms with Crippen LogP contribution in [-0.2, 0) is 0 Å². The van der Waals surface area contributed by atoms with Crippen LogP contribution in [-0.4, -0.2) is 24.0 Å². The first-order valence-electron chi connectivity index (χ1n) is 7.10. The highest BCUT2D eigenvalue weighted by molar-refractivity contribution is 6.35. The molecule has 2 heterocycles. The van der Waals surface area contributed by atoms with Crippen LogP contribution in [0.5, 0.6) is 0 Å². The standard InChI is InChI=1S/C16H15Cl2N3O/c17-11-7-12(18)9-13(8-11)20-16(22)15-10-14(3-4-19-15)21-5-1-2-6-21/h3-4,7-10H,1-2,5-6H2,(H,20,22). The Morgan fingerprint density at radius 2 is 1.77 bits per heavy atom. The number of benzene rings is 1. The predicted octanol–water partition coefficient (Wildman–Crippen LogP) is 4.24. The average Bonchev–Trinajstić information content (AvgIpc) is 3.00. The zero-order valence-corrected chi connectivity index (χ0v) is 13.4. The summed E-state index contributed by atoms with van der Waals surface area (Å²) >= 11 is 11.9. The number of hydrogen-bond donors (Lipinski definition) is 1. The summed E-state index contributed by atoms with van der Waals surface area (Å²) in [7, 11) is 0. The Bertz CT molecular complexity index is 679. The van der Waals surface area contributed by atoms with Crippen molar-refractivity contribution in [2.75, 3.05) is 23.3 Å². The summed E-state index contributed by atoms with van der Waals surface area (Å²) in [4.78, 5) is 18.7. The van der Waals surface area contributed by atoms with Crippen LogP contribution >= 0.6 is 23.2 Å². The molecule has 1 aliphatic heterocycles. The van der Waals surface area contributed by atoms with Gasteiger partial charge in [0.2, 0.25) is 0 Å². The van der Waals surface area contributed by atoms with E-state index in [-0.39, 0.29) is 5.91 Å². The highest BCUT2D eigenvalue weighted by Crippen LogP contribution is 2.24. The van der Waals surface area contributed by atoms with Gasteiger partial charge in [-0.25, -0.2) is 0 Å². The summed E-state index contributed by atoms with van der Waals surface area (Å²) < 4.78 is 0. The number of nitrogens with one attached hydrogen (secondary N) is 1. The van der Waals surface area contributed by atoms with Gasteiger partial charge in [0, 0.05) is 40.7 Å². The van der Waals surface area contributed by atoms with Crippen molar-refractivity contribution in [2.45, 2.75) is 12.8 Å². The summed E-state index contributed by atoms with van der Waals surface area (Å²) in [5.74, 6) is -0.278. The average molecular weight is 336 g/mol. The Kier molecular flexibility index (Phi) is 4.50. The third-order valence-electron chi connectivity index (χ3n) is 3.57. The molecule has 1 fully saturated rings. The van der Waals surface area contributed by atoms with E-state index in [1.807, 2.05) is 12.1 Å². The molecule has 114 valence electrons. The highest BCUT2D eigenvalue weighted by atomic mass is 35.5. The fraction of sp³-hybridized carbons (Fsp3) is 0.250. The van der Waals surface area contributed by atoms with E-state index >= 15 is 0 Å². The first-order chi connectivity index (χ1) is 10.6. The molecular weight excluding hydrogens is 321 g/mol. The molecule has 1 N–H and O–H groups in total. The van der Waals surface area contributed by atoms with Crippen molar-refractivity contribution in [1.29, 1.82) is 0 Å². The van der Waals surface area contributed by atoms with E-state index < -0.39 is 0 Å². The predicted molar refractivity (Wildman–Crippen MR) is 90.1 cm³/mol. The minimum absolute atomic E-state index is 0.278. The Morgan fingerprint density at radius 3 is 2.45 bits per heavy atom. The number of pyridine rings is 1. The van der Waals surface area contributed by atoms with Crippen molar-refractivity contribution < 1.29 is 4.79 Å². The lowest BCUT2D eigenvalue weighted by Crippen LogP contribution is -2.19. The van der Waals surface area contributed by atoms with Crippen LogP contribution in [0.15, 0.2) is 36.5 Å². The molecule has 1 aliphatic rings. The number of carbonyl (C=O) groups excluding carboxylic acids is 1. The molecule has 2 aromatic rings. The maximum absolute atomic E-state index is 12.3. The topological polar surface area (TPSA) is 45.2 Å². The minimum atomic E-state index is -0.278. The summed E-state index contributed by atoms with van der Waals surface area (Å²) in [6.07, 6.45) is 4.03. The van der Waals surface area contributed by atoms with Crippen molar-refractivity contribution >= 4 is 40.5 Å². The van der Waals surface area contributed by atoms with Crippen LogP contribution in [0.1, 0.15) is 23.3 Å². The number of anilines is 2. The van der Waals surface area contributed by atoms with Gasteiger partial charge >= 0.3 is 0 Å². The van der Waals surface area contributed by atoms with Crippen molar-refractivity contribution in [3.05, 3.63) is 52.3 Å². The van der Waals surface area contributed by atoms with Gasteiger partial charge in [0.05, 0.1) is 0 Å². The maximum Gasteiger partial charge on any atom is 0.274 e. The van der Waals surface area contributed by atoms with Crippen LogP contribution in [0.3, 0.4) is 0 Å². The molecule has 1 aromatic heterocycles. The SMILES string of the molecule is O=C(Nc1cc(Cl)cc(Cl)c1)c1cc(N2CCCC2)ccn1. The zero-order valence-electron chi connectivity index (χ0n) is 11.9. The van der Waals surface area contributed by atoms with E-state index in [1.54, 1.807) is 24.4 Å². The van der Waals surface area contributed by atoms with Crippen molar-refractivity contribution in [3.8, 4) is 0 Å². The highest BCUT2D eigenvalue weighted by Gasteiger charge is 2.15. The molecule has 1 aromatic carbocycles. The lowest BCUT2D eigenvalue weighted by Gasteiger charge is -2.17. The van der Waals surface area contributed by atoms with E-state index in [9.17, 15) is 4.79 Å². The molecule has 0 spiro atoms. The minimum Gasteiger partial charge on any atom is -0.371 e. The lowest BCUT2D eigenvalue weighted by atomic mass is 10.2. The van der Waals surface area contributed by atoms with Crippen LogP contribution in [0.25, 0.3) is 0 Å². The number of carbonyl (C=O) groups is 1. The molecule has 1 saturated heterocycles. The van der Waals surface area contributed by atoms with Gasteiger partial charge in [-0.05, 0) is 43.2 Å². The normalized spacial score (nSPS) is 14.2. The second kappa shape index (κ2) is 6.55. The molecular formula is C16H15Cl2N3O. The maximum atomic E-state index is 12.3. The van der Waals surface area contributed by atoms with Gasteiger partial charge in [-0.2, -0.15) is 0 Å². The van der Waals surface area contributed by atoms with Crippen LogP contribution in [0.4, 0.5) is 11.4 Å². The third-order valence-corrected chi connectivity index (χ3v) is 4.00. The number of aromatic nitrogens is 1. The van der Waals surface area contributed by atoms with E-state index in [0.29, 0.717) is 21.4 Å². The van der Waals surface area contributed by atoms with E-state index in [0.717, 1.165) is 18.8 Å². The van der Waals surface area contributed by atoms with Gasteiger partial charge in [-0.15, -0.1) is 0 Å². The molecule has 1 amide bonds. The number of halogens is 2. The zero-order chi connectivity index (χ0) is 15.5. The van der Waals surface area contributed by atoms with Crippen LogP contribution in [0.2, 0.25) is 10.0 Å². The molecule has 0 radical (unpaired) electrons.